The van der Waals surface area contributed by atoms with Gasteiger partial charge in [0, 0.05) is 12.8 Å². The average Bonchev–Trinajstić information content (AvgIpc) is 3.26. The molecule has 15 nitrogen and oxygen atoms in total. The lowest BCUT2D eigenvalue weighted by Crippen LogP contribution is -2.61. The summed E-state index contributed by atoms with van der Waals surface area (Å²) in [5, 5.41) is 71.9. The van der Waals surface area contributed by atoms with E-state index >= 15 is 0 Å². The van der Waals surface area contributed by atoms with Crippen LogP contribution in [0.4, 0.5) is 0 Å². The molecule has 362 valence electrons. The van der Waals surface area contributed by atoms with E-state index in [0.29, 0.717) is 12.8 Å². The standard InChI is InChI=1S/C47H84O15/c1-3-5-7-9-11-13-15-16-17-18-20-21-23-25-27-29-38(49)57-32-35(60-39(50)30-28-26-24-22-19-14-12-10-8-6-4-2)33-58-46-45(56)43(54)41(52)37(62-46)34-59-47-44(55)42(53)40(51)36(31-48)61-47/h10,12,18,20,35-37,40-48,51-56H,3-9,11,13-17,19,21-34H2,1-2H3/b12-10+,20-18+/t35-,36-,37-,40+,41+,42?,43?,44?,45?,46-,47-/m1/s1. The first kappa shape index (κ1) is 56.1. The Labute approximate surface area is 371 Å². The highest BCUT2D eigenvalue weighted by Crippen LogP contribution is 2.26. The Morgan fingerprint density at radius 1 is 0.500 bits per heavy atom. The van der Waals surface area contributed by atoms with Crippen molar-refractivity contribution in [2.75, 3.05) is 26.4 Å². The van der Waals surface area contributed by atoms with E-state index in [4.69, 9.17) is 28.4 Å². The van der Waals surface area contributed by atoms with E-state index in [1.165, 1.54) is 64.2 Å². The van der Waals surface area contributed by atoms with Crippen molar-refractivity contribution in [3.05, 3.63) is 24.3 Å². The highest BCUT2D eigenvalue weighted by atomic mass is 16.7. The second kappa shape index (κ2) is 35.3. The molecule has 7 N–H and O–H groups in total. The molecule has 0 aromatic carbocycles. The van der Waals surface area contributed by atoms with Crippen LogP contribution in [-0.4, -0.2) is 142 Å². The maximum absolute atomic E-state index is 12.9. The topological polar surface area (TPSA) is 231 Å². The van der Waals surface area contributed by atoms with E-state index in [-0.39, 0.29) is 26.1 Å². The third-order valence-corrected chi connectivity index (χ3v) is 11.4. The Kier molecular flexibility index (Phi) is 31.9. The molecule has 62 heavy (non-hydrogen) atoms. The molecule has 0 aromatic rings. The van der Waals surface area contributed by atoms with Gasteiger partial charge in [-0.3, -0.25) is 9.59 Å². The van der Waals surface area contributed by atoms with E-state index in [1.54, 1.807) is 0 Å². The van der Waals surface area contributed by atoms with Crippen molar-refractivity contribution in [1.29, 1.82) is 0 Å². The predicted molar refractivity (Wildman–Crippen MR) is 234 cm³/mol. The summed E-state index contributed by atoms with van der Waals surface area (Å²) in [6.45, 7) is 2.51. The summed E-state index contributed by atoms with van der Waals surface area (Å²) in [6, 6.07) is 0. The third kappa shape index (κ3) is 23.8. The van der Waals surface area contributed by atoms with Crippen molar-refractivity contribution < 1.29 is 73.8 Å². The number of aliphatic hydroxyl groups is 7. The molecule has 0 amide bonds. The normalized spacial score (nSPS) is 27.2. The molecule has 2 heterocycles. The first-order chi connectivity index (χ1) is 30.0. The molecule has 0 bridgehead atoms. The molecule has 0 aliphatic carbocycles. The number of rotatable bonds is 36. The molecule has 2 aliphatic heterocycles. The Balaban J connectivity index is 1.84. The smallest absolute Gasteiger partial charge is 0.306 e. The van der Waals surface area contributed by atoms with Crippen LogP contribution in [-0.2, 0) is 38.0 Å². The summed E-state index contributed by atoms with van der Waals surface area (Å²) < 4.78 is 33.4. The van der Waals surface area contributed by atoms with Crippen LogP contribution in [0.15, 0.2) is 24.3 Å². The van der Waals surface area contributed by atoms with Gasteiger partial charge in [-0.1, -0.05) is 122 Å². The minimum Gasteiger partial charge on any atom is -0.462 e. The molecular weight excluding hydrogens is 805 g/mol. The van der Waals surface area contributed by atoms with E-state index < -0.39 is 92.7 Å². The first-order valence-corrected chi connectivity index (χ1v) is 23.9. The Hall–Kier alpha value is -2.02. The molecular formula is C47H84O15. The Morgan fingerprint density at radius 3 is 1.48 bits per heavy atom. The van der Waals surface area contributed by atoms with Crippen LogP contribution in [0.25, 0.3) is 0 Å². The van der Waals surface area contributed by atoms with Gasteiger partial charge in [-0.2, -0.15) is 0 Å². The van der Waals surface area contributed by atoms with Crippen LogP contribution in [0.5, 0.6) is 0 Å². The molecule has 0 aromatic heterocycles. The van der Waals surface area contributed by atoms with Gasteiger partial charge in [-0.25, -0.2) is 0 Å². The first-order valence-electron chi connectivity index (χ1n) is 23.9. The van der Waals surface area contributed by atoms with Crippen LogP contribution < -0.4 is 0 Å². The molecule has 2 fully saturated rings. The highest BCUT2D eigenvalue weighted by Gasteiger charge is 2.47. The second-order valence-electron chi connectivity index (χ2n) is 16.9. The number of carbonyl (C=O) groups excluding carboxylic acids is 2. The number of esters is 2. The third-order valence-electron chi connectivity index (χ3n) is 11.4. The minimum atomic E-state index is -1.77. The van der Waals surface area contributed by atoms with Crippen molar-refractivity contribution in [3.8, 4) is 0 Å². The summed E-state index contributed by atoms with van der Waals surface area (Å²) in [4.78, 5) is 25.6. The number of unbranched alkanes of at least 4 members (excludes halogenated alkanes) is 18. The quantitative estimate of drug-likeness (QED) is 0.0231. The molecule has 2 saturated heterocycles. The van der Waals surface area contributed by atoms with E-state index in [2.05, 4.69) is 38.2 Å². The van der Waals surface area contributed by atoms with Crippen molar-refractivity contribution in [2.45, 2.75) is 235 Å². The molecule has 4 unspecified atom stereocenters. The summed E-state index contributed by atoms with van der Waals surface area (Å²) in [5.74, 6) is -0.954. The number of hydrogen-bond acceptors (Lipinski definition) is 15. The molecule has 0 spiro atoms. The summed E-state index contributed by atoms with van der Waals surface area (Å²) in [7, 11) is 0. The van der Waals surface area contributed by atoms with Crippen LogP contribution in [0.3, 0.4) is 0 Å². The van der Waals surface area contributed by atoms with E-state index in [9.17, 15) is 45.3 Å². The Morgan fingerprint density at radius 2 is 0.935 bits per heavy atom. The molecule has 2 rings (SSSR count). The van der Waals surface area contributed by atoms with Crippen molar-refractivity contribution in [1.82, 2.24) is 0 Å². The molecule has 0 radical (unpaired) electrons. The predicted octanol–water partition coefficient (Wildman–Crippen LogP) is 5.60. The lowest BCUT2D eigenvalue weighted by atomic mass is 9.98. The average molecular weight is 889 g/mol. The number of ether oxygens (including phenoxy) is 6. The number of allylic oxidation sites excluding steroid dienone is 4. The summed E-state index contributed by atoms with van der Waals surface area (Å²) in [5.41, 5.74) is 0. The fourth-order valence-electron chi connectivity index (χ4n) is 7.37. The largest absolute Gasteiger partial charge is 0.462 e. The SMILES string of the molecule is CCCC/C=C/CCCCCCCC(=O)O[C@H](COC(=O)CCCCC/C=C/CCCCCCCCCC)CO[C@@H]1O[C@H](CO[C@@H]2O[C@H](CO)[C@H](O)C(O)C2O)[C@H](O)C(O)C1O. The van der Waals surface area contributed by atoms with Crippen molar-refractivity contribution >= 4 is 11.9 Å². The maximum atomic E-state index is 12.9. The van der Waals surface area contributed by atoms with Crippen LogP contribution in [0.2, 0.25) is 0 Å². The lowest BCUT2D eigenvalue weighted by Gasteiger charge is -2.42. The van der Waals surface area contributed by atoms with Crippen LogP contribution >= 0.6 is 0 Å². The fourth-order valence-corrected chi connectivity index (χ4v) is 7.37. The van der Waals surface area contributed by atoms with Crippen molar-refractivity contribution in [3.63, 3.8) is 0 Å². The number of carbonyl (C=O) groups is 2. The van der Waals surface area contributed by atoms with Gasteiger partial charge in [0.15, 0.2) is 18.7 Å². The summed E-state index contributed by atoms with van der Waals surface area (Å²) >= 11 is 0. The van der Waals surface area contributed by atoms with Gasteiger partial charge in [-0.15, -0.1) is 0 Å². The van der Waals surface area contributed by atoms with Crippen LogP contribution in [0.1, 0.15) is 168 Å². The number of hydrogen-bond donors (Lipinski definition) is 7. The van der Waals surface area contributed by atoms with Gasteiger partial charge in [0.2, 0.25) is 0 Å². The van der Waals surface area contributed by atoms with Gasteiger partial charge < -0.3 is 64.2 Å². The van der Waals surface area contributed by atoms with Crippen LogP contribution in [0, 0.1) is 0 Å². The summed E-state index contributed by atoms with van der Waals surface area (Å²) in [6.07, 6.45) is 16.5. The fraction of sp³-hybridized carbons (Fsp3) is 0.872. The van der Waals surface area contributed by atoms with E-state index in [0.717, 1.165) is 64.2 Å². The van der Waals surface area contributed by atoms with Crippen molar-refractivity contribution in [2.24, 2.45) is 0 Å². The molecule has 0 saturated carbocycles. The Bertz CT molecular complexity index is 1180. The lowest BCUT2D eigenvalue weighted by molar-refractivity contribution is -0.332. The van der Waals surface area contributed by atoms with Gasteiger partial charge in [0.05, 0.1) is 19.8 Å². The highest BCUT2D eigenvalue weighted by molar-refractivity contribution is 5.70. The van der Waals surface area contributed by atoms with Gasteiger partial charge in [0.25, 0.3) is 0 Å². The van der Waals surface area contributed by atoms with Gasteiger partial charge in [0.1, 0.15) is 55.4 Å². The van der Waals surface area contributed by atoms with E-state index in [1.807, 2.05) is 0 Å². The second-order valence-corrected chi connectivity index (χ2v) is 16.9. The maximum Gasteiger partial charge on any atom is 0.306 e. The molecule has 2 aliphatic rings. The molecule has 11 atom stereocenters. The monoisotopic (exact) mass is 889 g/mol. The zero-order chi connectivity index (χ0) is 45.4. The zero-order valence-electron chi connectivity index (χ0n) is 37.9. The zero-order valence-corrected chi connectivity index (χ0v) is 37.9. The molecule has 15 heteroatoms. The number of aliphatic hydroxyl groups excluding tert-OH is 7. The van der Waals surface area contributed by atoms with Gasteiger partial charge >= 0.3 is 11.9 Å². The minimum absolute atomic E-state index is 0.153. The van der Waals surface area contributed by atoms with Gasteiger partial charge in [-0.05, 0) is 57.8 Å².